The summed E-state index contributed by atoms with van der Waals surface area (Å²) in [5, 5.41) is 4.40. The van der Waals surface area contributed by atoms with Crippen molar-refractivity contribution >= 4 is 43.3 Å². The van der Waals surface area contributed by atoms with E-state index in [-0.39, 0.29) is 0 Å². The van der Waals surface area contributed by atoms with Crippen LogP contribution >= 0.6 is 27.3 Å². The van der Waals surface area contributed by atoms with Crippen LogP contribution in [-0.4, -0.2) is 9.97 Å². The van der Waals surface area contributed by atoms with Gasteiger partial charge in [0.05, 0.1) is 6.54 Å². The van der Waals surface area contributed by atoms with Gasteiger partial charge in [-0.25, -0.2) is 9.97 Å². The Bertz CT molecular complexity index is 630. The lowest BCUT2D eigenvalue weighted by molar-refractivity contribution is 1.12. The third-order valence-electron chi connectivity index (χ3n) is 2.50. The second kappa shape index (κ2) is 5.04. The van der Waals surface area contributed by atoms with Gasteiger partial charge in [-0.15, -0.1) is 0 Å². The highest BCUT2D eigenvalue weighted by Gasteiger charge is 2.03. The number of aromatic nitrogens is 2. The van der Waals surface area contributed by atoms with Gasteiger partial charge in [-0.2, -0.15) is 0 Å². The number of halogens is 1. The third-order valence-corrected chi connectivity index (χ3v) is 4.01. The van der Waals surface area contributed by atoms with Crippen molar-refractivity contribution < 1.29 is 0 Å². The van der Waals surface area contributed by atoms with E-state index in [0.717, 1.165) is 32.1 Å². The van der Waals surface area contributed by atoms with Gasteiger partial charge in [-0.3, -0.25) is 0 Å². The van der Waals surface area contributed by atoms with Gasteiger partial charge < -0.3 is 5.32 Å². The Morgan fingerprint density at radius 2 is 2.00 bits per heavy atom. The van der Waals surface area contributed by atoms with Crippen LogP contribution in [0.25, 0.3) is 10.3 Å². The molecule has 0 aliphatic heterocycles. The number of rotatable bonds is 3. The van der Waals surface area contributed by atoms with E-state index in [4.69, 9.17) is 0 Å². The van der Waals surface area contributed by atoms with Crippen LogP contribution in [0.15, 0.2) is 47.1 Å². The van der Waals surface area contributed by atoms with Crippen molar-refractivity contribution in [1.29, 1.82) is 0 Å². The molecule has 0 aliphatic rings. The van der Waals surface area contributed by atoms with Crippen LogP contribution in [0.4, 0.5) is 5.69 Å². The molecule has 0 spiro atoms. The topological polar surface area (TPSA) is 37.8 Å². The fourth-order valence-corrected chi connectivity index (χ4v) is 2.74. The number of fused-ring (bicyclic) bond motifs is 1. The lowest BCUT2D eigenvalue weighted by atomic mass is 10.3. The number of benzene rings is 1. The minimum Gasteiger partial charge on any atom is -0.379 e. The molecule has 18 heavy (non-hydrogen) atoms. The van der Waals surface area contributed by atoms with Crippen LogP contribution in [0.3, 0.4) is 0 Å². The number of nitrogens with one attached hydrogen (secondary N) is 1. The summed E-state index contributed by atoms with van der Waals surface area (Å²) in [6.07, 6.45) is 1.80. The molecule has 0 saturated heterocycles. The predicted molar refractivity (Wildman–Crippen MR) is 78.9 cm³/mol. The molecule has 0 unspecified atom stereocenters. The molecule has 2 heterocycles. The molecule has 2 aromatic heterocycles. The van der Waals surface area contributed by atoms with E-state index in [0.29, 0.717) is 0 Å². The van der Waals surface area contributed by atoms with Crippen LogP contribution in [0, 0.1) is 0 Å². The van der Waals surface area contributed by atoms with Gasteiger partial charge in [0.1, 0.15) is 15.4 Å². The largest absolute Gasteiger partial charge is 0.379 e. The number of nitrogens with zero attached hydrogens (tertiary/aromatic N) is 2. The van der Waals surface area contributed by atoms with Crippen LogP contribution in [0.5, 0.6) is 0 Å². The van der Waals surface area contributed by atoms with Crippen LogP contribution in [-0.2, 0) is 6.54 Å². The van der Waals surface area contributed by atoms with Crippen molar-refractivity contribution in [2.75, 3.05) is 5.32 Å². The highest BCUT2D eigenvalue weighted by atomic mass is 79.9. The van der Waals surface area contributed by atoms with Crippen molar-refractivity contribution in [2.45, 2.75) is 6.54 Å². The van der Waals surface area contributed by atoms with E-state index >= 15 is 0 Å². The molecule has 1 N–H and O–H groups in total. The van der Waals surface area contributed by atoms with Crippen molar-refractivity contribution in [1.82, 2.24) is 9.97 Å². The normalized spacial score (nSPS) is 10.7. The average Bonchev–Trinajstić information content (AvgIpc) is 2.81. The predicted octanol–water partition coefficient (Wildman–Crippen LogP) is 4.07. The van der Waals surface area contributed by atoms with Gasteiger partial charge in [0, 0.05) is 16.4 Å². The highest BCUT2D eigenvalue weighted by Crippen LogP contribution is 2.20. The zero-order valence-corrected chi connectivity index (χ0v) is 11.8. The zero-order valence-electron chi connectivity index (χ0n) is 9.43. The van der Waals surface area contributed by atoms with Gasteiger partial charge >= 0.3 is 0 Å². The number of hydrogen-bond donors (Lipinski definition) is 1. The number of hydrogen-bond acceptors (Lipinski definition) is 4. The van der Waals surface area contributed by atoms with Crippen molar-refractivity contribution in [3.05, 3.63) is 52.1 Å². The minimum atomic E-state index is 0.725. The summed E-state index contributed by atoms with van der Waals surface area (Å²) in [5.41, 5.74) is 2.06. The average molecular weight is 320 g/mol. The zero-order chi connectivity index (χ0) is 12.4. The quantitative estimate of drug-likeness (QED) is 0.790. The summed E-state index contributed by atoms with van der Waals surface area (Å²) in [4.78, 5) is 9.81. The maximum absolute atomic E-state index is 4.53. The molecule has 0 amide bonds. The first-order valence-electron chi connectivity index (χ1n) is 5.51. The molecule has 0 fully saturated rings. The SMILES string of the molecule is Brc1ccc(NCc2nc3cccnc3s2)cc1. The molecule has 1 aromatic carbocycles. The van der Waals surface area contributed by atoms with E-state index in [1.165, 1.54) is 0 Å². The van der Waals surface area contributed by atoms with Crippen molar-refractivity contribution in [3.8, 4) is 0 Å². The monoisotopic (exact) mass is 319 g/mol. The number of thiazole rings is 1. The molecule has 3 nitrogen and oxygen atoms in total. The maximum Gasteiger partial charge on any atom is 0.143 e. The van der Waals surface area contributed by atoms with Crippen LogP contribution < -0.4 is 5.32 Å². The van der Waals surface area contributed by atoms with Gasteiger partial charge in [0.15, 0.2) is 0 Å². The standard InChI is InChI=1S/C13H10BrN3S/c14-9-3-5-10(6-4-9)16-8-12-17-11-2-1-7-15-13(11)18-12/h1-7,16H,8H2. The second-order valence-corrected chi connectivity index (χ2v) is 5.77. The molecule has 5 heteroatoms. The van der Waals surface area contributed by atoms with E-state index < -0.39 is 0 Å². The highest BCUT2D eigenvalue weighted by molar-refractivity contribution is 9.10. The lowest BCUT2D eigenvalue weighted by Gasteiger charge is -2.03. The van der Waals surface area contributed by atoms with Gasteiger partial charge in [0.25, 0.3) is 0 Å². The Hall–Kier alpha value is -1.46. The summed E-state index contributed by atoms with van der Waals surface area (Å²) in [6, 6.07) is 12.0. The van der Waals surface area contributed by atoms with E-state index in [9.17, 15) is 0 Å². The van der Waals surface area contributed by atoms with Crippen LogP contribution in [0.1, 0.15) is 5.01 Å². The molecule has 3 rings (SSSR count). The number of anilines is 1. The lowest BCUT2D eigenvalue weighted by Crippen LogP contribution is -1.98. The Morgan fingerprint density at radius 3 is 2.78 bits per heavy atom. The van der Waals surface area contributed by atoms with Gasteiger partial charge in [-0.05, 0) is 36.4 Å². The Kier molecular flexibility index (Phi) is 3.25. The summed E-state index contributed by atoms with van der Waals surface area (Å²) in [6.45, 7) is 0.725. The van der Waals surface area contributed by atoms with Gasteiger partial charge in [-0.1, -0.05) is 27.3 Å². The second-order valence-electron chi connectivity index (χ2n) is 3.80. The Labute approximate surface area is 117 Å². The first-order valence-corrected chi connectivity index (χ1v) is 7.12. The third kappa shape index (κ3) is 2.52. The Morgan fingerprint density at radius 1 is 1.17 bits per heavy atom. The van der Waals surface area contributed by atoms with Crippen molar-refractivity contribution in [2.24, 2.45) is 0 Å². The molecule has 90 valence electrons. The summed E-state index contributed by atoms with van der Waals surface area (Å²) >= 11 is 5.04. The molecule has 0 bridgehead atoms. The van der Waals surface area contributed by atoms with Crippen LogP contribution in [0.2, 0.25) is 0 Å². The smallest absolute Gasteiger partial charge is 0.143 e. The van der Waals surface area contributed by atoms with E-state index in [1.807, 2.05) is 36.4 Å². The minimum absolute atomic E-state index is 0.725. The molecular weight excluding hydrogens is 310 g/mol. The van der Waals surface area contributed by atoms with Crippen molar-refractivity contribution in [3.63, 3.8) is 0 Å². The van der Waals surface area contributed by atoms with E-state index in [2.05, 4.69) is 31.2 Å². The number of pyridine rings is 1. The first kappa shape index (κ1) is 11.6. The molecule has 0 aliphatic carbocycles. The summed E-state index contributed by atoms with van der Waals surface area (Å²) < 4.78 is 1.08. The summed E-state index contributed by atoms with van der Waals surface area (Å²) in [5.74, 6) is 0. The molecular formula is C13H10BrN3S. The maximum atomic E-state index is 4.53. The molecule has 0 atom stereocenters. The van der Waals surface area contributed by atoms with E-state index in [1.54, 1.807) is 17.5 Å². The summed E-state index contributed by atoms with van der Waals surface area (Å²) in [7, 11) is 0. The molecule has 3 aromatic rings. The molecule has 0 radical (unpaired) electrons. The van der Waals surface area contributed by atoms with Gasteiger partial charge in [0.2, 0.25) is 0 Å². The Balaban J connectivity index is 1.74. The fraction of sp³-hybridized carbons (Fsp3) is 0.0769. The fourth-order valence-electron chi connectivity index (χ4n) is 1.64. The molecule has 0 saturated carbocycles. The first-order chi connectivity index (χ1) is 8.81.